The average Bonchev–Trinajstić information content (AvgIpc) is 2.41. The van der Waals surface area contributed by atoms with E-state index >= 15 is 0 Å². The molecule has 98 valence electrons. The monoisotopic (exact) mass is 260 g/mol. The second kappa shape index (κ2) is 4.99. The summed E-state index contributed by atoms with van der Waals surface area (Å²) in [5.41, 5.74) is 0. The molecule has 1 heterocycles. The summed E-state index contributed by atoms with van der Waals surface area (Å²) in [6.45, 7) is 10.8. The molecule has 3 nitrogen and oxygen atoms in total. The van der Waals surface area contributed by atoms with E-state index < -0.39 is 32.7 Å². The van der Waals surface area contributed by atoms with Crippen LogP contribution in [0.15, 0.2) is 0 Å². The Balaban J connectivity index is 2.53. The van der Waals surface area contributed by atoms with Crippen LogP contribution >= 0.6 is 0 Å². The first-order valence-electron chi connectivity index (χ1n) is 5.93. The van der Waals surface area contributed by atoms with Gasteiger partial charge in [0, 0.05) is 0 Å². The minimum Gasteiger partial charge on any atom is -0.414 e. The van der Waals surface area contributed by atoms with E-state index in [0.29, 0.717) is 0 Å². The van der Waals surface area contributed by atoms with Gasteiger partial charge in [-0.2, -0.15) is 0 Å². The van der Waals surface area contributed by atoms with Crippen molar-refractivity contribution >= 4 is 16.2 Å². The first kappa shape index (κ1) is 15.2. The van der Waals surface area contributed by atoms with E-state index in [2.05, 4.69) is 33.9 Å². The summed E-state index contributed by atoms with van der Waals surface area (Å²) in [7, 11) is 3.48. The molecule has 1 aliphatic heterocycles. The Bertz CT molecular complexity index is 270. The fourth-order valence-corrected chi connectivity index (χ4v) is 2.42. The van der Waals surface area contributed by atoms with Crippen LogP contribution in [0.4, 0.5) is 4.39 Å². The number of rotatable bonds is 3. The summed E-state index contributed by atoms with van der Waals surface area (Å²) in [5.74, 6) is 0. The summed E-state index contributed by atoms with van der Waals surface area (Å²) in [5, 5.41) is 9.66. The lowest BCUT2D eigenvalue weighted by Gasteiger charge is -2.37. The van der Waals surface area contributed by atoms with Crippen LogP contribution in [0.5, 0.6) is 0 Å². The molecular formula is C11H22BFO3Si. The van der Waals surface area contributed by atoms with Gasteiger partial charge in [0.1, 0.15) is 26.2 Å². The number of halogens is 1. The van der Waals surface area contributed by atoms with Gasteiger partial charge in [0.15, 0.2) is 8.32 Å². The predicted molar refractivity (Wildman–Crippen MR) is 68.5 cm³/mol. The quantitative estimate of drug-likeness (QED) is 0.783. The highest BCUT2D eigenvalue weighted by molar-refractivity contribution is 6.74. The van der Waals surface area contributed by atoms with Crippen LogP contribution in [0.3, 0.4) is 0 Å². The minimum absolute atomic E-state index is 0.0772. The molecule has 1 fully saturated rings. The number of alkyl halides is 1. The molecule has 1 saturated heterocycles. The van der Waals surface area contributed by atoms with Gasteiger partial charge in [0.05, 0.1) is 12.6 Å². The Hall–Kier alpha value is 0.0918. The number of hydrogen-bond acceptors (Lipinski definition) is 3. The van der Waals surface area contributed by atoms with Crippen molar-refractivity contribution in [1.82, 2.24) is 0 Å². The summed E-state index contributed by atoms with van der Waals surface area (Å²) in [6, 6.07) is -1.04. The van der Waals surface area contributed by atoms with Crippen LogP contribution in [0.1, 0.15) is 20.8 Å². The molecule has 0 aromatic carbocycles. The normalized spacial score (nSPS) is 35.2. The number of hydrogen-bond donors (Lipinski definition) is 1. The average molecular weight is 260 g/mol. The van der Waals surface area contributed by atoms with Crippen molar-refractivity contribution in [3.05, 3.63) is 0 Å². The smallest absolute Gasteiger partial charge is 0.192 e. The van der Waals surface area contributed by atoms with E-state index in [-0.39, 0.29) is 11.6 Å². The second-order valence-electron chi connectivity index (χ2n) is 6.15. The maximum atomic E-state index is 13.3. The lowest BCUT2D eigenvalue weighted by Crippen LogP contribution is -2.44. The molecule has 0 aromatic heterocycles. The lowest BCUT2D eigenvalue weighted by atomic mass is 9.94. The fourth-order valence-electron chi connectivity index (χ4n) is 1.40. The third kappa shape index (κ3) is 3.31. The molecule has 0 aliphatic carbocycles. The zero-order valence-corrected chi connectivity index (χ0v) is 12.2. The summed E-state index contributed by atoms with van der Waals surface area (Å²) >= 11 is 0. The Labute approximate surface area is 105 Å². The molecule has 17 heavy (non-hydrogen) atoms. The van der Waals surface area contributed by atoms with Gasteiger partial charge >= 0.3 is 0 Å². The van der Waals surface area contributed by atoms with Gasteiger partial charge in [-0.15, -0.1) is 0 Å². The highest BCUT2D eigenvalue weighted by Crippen LogP contribution is 2.37. The van der Waals surface area contributed by atoms with Crippen molar-refractivity contribution < 1.29 is 18.7 Å². The summed E-state index contributed by atoms with van der Waals surface area (Å²) in [4.78, 5) is 0. The molecule has 2 unspecified atom stereocenters. The van der Waals surface area contributed by atoms with Crippen molar-refractivity contribution in [2.75, 3.05) is 6.61 Å². The highest BCUT2D eigenvalue weighted by Gasteiger charge is 2.43. The fraction of sp³-hybridized carbons (Fsp3) is 1.00. The van der Waals surface area contributed by atoms with Crippen LogP contribution in [-0.2, 0) is 9.16 Å². The topological polar surface area (TPSA) is 38.7 Å². The Kier molecular flexibility index (Phi) is 4.45. The molecule has 0 amide bonds. The largest absolute Gasteiger partial charge is 0.414 e. The summed E-state index contributed by atoms with van der Waals surface area (Å²) < 4.78 is 24.3. The molecule has 6 heteroatoms. The maximum absolute atomic E-state index is 13.3. The van der Waals surface area contributed by atoms with Gasteiger partial charge in [-0.25, -0.2) is 4.39 Å². The zero-order valence-electron chi connectivity index (χ0n) is 11.2. The summed E-state index contributed by atoms with van der Waals surface area (Å²) in [6.07, 6.45) is -3.37. The van der Waals surface area contributed by atoms with E-state index in [1.165, 1.54) is 0 Å². The van der Waals surface area contributed by atoms with E-state index in [4.69, 9.17) is 17.0 Å². The van der Waals surface area contributed by atoms with E-state index in [9.17, 15) is 9.50 Å². The SMILES string of the molecule is [B][C@@H]1OC(CO[Si](C)(C)C(C)(C)C)C(O)[C@@H]1F. The van der Waals surface area contributed by atoms with Gasteiger partial charge in [-0.05, 0) is 18.1 Å². The van der Waals surface area contributed by atoms with Gasteiger partial charge < -0.3 is 14.3 Å². The molecule has 1 rings (SSSR count). The highest BCUT2D eigenvalue weighted by atomic mass is 28.4. The molecule has 0 bridgehead atoms. The van der Waals surface area contributed by atoms with E-state index in [1.807, 2.05) is 0 Å². The van der Waals surface area contributed by atoms with Crippen molar-refractivity contribution in [2.45, 2.75) is 63.3 Å². The van der Waals surface area contributed by atoms with Crippen LogP contribution in [0.2, 0.25) is 18.1 Å². The van der Waals surface area contributed by atoms with Gasteiger partial charge in [-0.1, -0.05) is 20.8 Å². The lowest BCUT2D eigenvalue weighted by molar-refractivity contribution is -0.00237. The second-order valence-corrected chi connectivity index (χ2v) is 11.0. The van der Waals surface area contributed by atoms with Crippen molar-refractivity contribution in [3.63, 3.8) is 0 Å². The van der Waals surface area contributed by atoms with Crippen molar-refractivity contribution in [1.29, 1.82) is 0 Å². The molecule has 0 spiro atoms. The van der Waals surface area contributed by atoms with Gasteiger partial charge in [0.25, 0.3) is 0 Å². The first-order valence-corrected chi connectivity index (χ1v) is 8.84. The van der Waals surface area contributed by atoms with Crippen LogP contribution < -0.4 is 0 Å². The Morgan fingerprint density at radius 2 is 1.94 bits per heavy atom. The third-order valence-corrected chi connectivity index (χ3v) is 8.27. The minimum atomic E-state index is -1.90. The molecule has 0 saturated carbocycles. The van der Waals surface area contributed by atoms with Gasteiger partial charge in [0.2, 0.25) is 0 Å². The van der Waals surface area contributed by atoms with E-state index in [0.717, 1.165) is 0 Å². The third-order valence-electron chi connectivity index (χ3n) is 3.77. The zero-order chi connectivity index (χ0) is 13.4. The maximum Gasteiger partial charge on any atom is 0.192 e. The van der Waals surface area contributed by atoms with Crippen LogP contribution in [0.25, 0.3) is 0 Å². The Morgan fingerprint density at radius 1 is 1.41 bits per heavy atom. The first-order chi connectivity index (χ1) is 7.56. The van der Waals surface area contributed by atoms with Crippen molar-refractivity contribution in [3.8, 4) is 0 Å². The number of aliphatic hydroxyl groups is 1. The number of ether oxygens (including phenoxy) is 1. The molecule has 1 N–H and O–H groups in total. The molecule has 0 aromatic rings. The van der Waals surface area contributed by atoms with Crippen LogP contribution in [-0.4, -0.2) is 52.3 Å². The van der Waals surface area contributed by atoms with Crippen LogP contribution in [0, 0.1) is 0 Å². The number of aliphatic hydroxyl groups excluding tert-OH is 1. The molecular weight excluding hydrogens is 238 g/mol. The molecule has 4 atom stereocenters. The molecule has 2 radical (unpaired) electrons. The van der Waals surface area contributed by atoms with E-state index in [1.54, 1.807) is 0 Å². The molecule has 1 aliphatic rings. The van der Waals surface area contributed by atoms with Gasteiger partial charge in [-0.3, -0.25) is 0 Å². The van der Waals surface area contributed by atoms with Crippen molar-refractivity contribution in [2.24, 2.45) is 0 Å². The standard InChI is InChI=1S/C11H22BFO3Si/c1-11(2,3)17(4,5)15-6-7-9(14)8(13)10(12)16-7/h7-10,14H,6H2,1-5H3/t7?,8-,9?,10+/m0/s1. The predicted octanol–water partition coefficient (Wildman–Crippen LogP) is 1.60. The Morgan fingerprint density at radius 3 is 2.29 bits per heavy atom.